The molecule has 0 aromatic rings. The maximum Gasteiger partial charge on any atom is 0.303 e. The Morgan fingerprint density at radius 1 is 1.31 bits per heavy atom. The lowest BCUT2D eigenvalue weighted by Crippen LogP contribution is -2.57. The minimum Gasteiger partial charge on any atom is -0.458 e. The monoisotopic (exact) mass is 398 g/mol. The summed E-state index contributed by atoms with van der Waals surface area (Å²) in [7, 11) is 0. The van der Waals surface area contributed by atoms with Crippen LogP contribution in [-0.2, 0) is 19.1 Å². The maximum atomic E-state index is 13.0. The summed E-state index contributed by atoms with van der Waals surface area (Å²) in [6, 6.07) is 0. The lowest BCUT2D eigenvalue weighted by molar-refractivity contribution is -0.167. The molecule has 2 unspecified atom stereocenters. The number of aliphatic hydroxyl groups is 1. The molecule has 5 nitrogen and oxygen atoms in total. The SMILES string of the molecule is CC(=O)OCC(=O)[C@@]1(O)[C@@H](C)CC2C3CCC4=CC(=O)C=C[C@]4(C)C3=CC[C@@]21C. The summed E-state index contributed by atoms with van der Waals surface area (Å²) in [5.74, 6) is -0.621. The molecule has 0 aromatic carbocycles. The van der Waals surface area contributed by atoms with E-state index >= 15 is 0 Å². The van der Waals surface area contributed by atoms with E-state index in [-0.39, 0.29) is 35.6 Å². The van der Waals surface area contributed by atoms with Crippen LogP contribution in [0.3, 0.4) is 0 Å². The third-order valence-corrected chi connectivity index (χ3v) is 8.36. The number of allylic oxidation sites excluding steroid dienone is 6. The number of esters is 1. The summed E-state index contributed by atoms with van der Waals surface area (Å²) >= 11 is 0. The Hall–Kier alpha value is -2.01. The summed E-state index contributed by atoms with van der Waals surface area (Å²) in [5.41, 5.74) is 0.145. The van der Waals surface area contributed by atoms with E-state index in [1.165, 1.54) is 18.1 Å². The summed E-state index contributed by atoms with van der Waals surface area (Å²) in [6.45, 7) is 7.03. The zero-order valence-corrected chi connectivity index (χ0v) is 17.7. The van der Waals surface area contributed by atoms with Crippen LogP contribution in [0.25, 0.3) is 0 Å². The Kier molecular flexibility index (Phi) is 4.54. The van der Waals surface area contributed by atoms with Crippen LogP contribution in [0, 0.1) is 28.6 Å². The highest BCUT2D eigenvalue weighted by Crippen LogP contribution is 2.66. The zero-order valence-electron chi connectivity index (χ0n) is 17.7. The fourth-order valence-electron chi connectivity index (χ4n) is 6.74. The molecule has 2 fully saturated rings. The van der Waals surface area contributed by atoms with Crippen molar-refractivity contribution in [1.29, 1.82) is 0 Å². The van der Waals surface area contributed by atoms with Gasteiger partial charge >= 0.3 is 5.97 Å². The van der Waals surface area contributed by atoms with E-state index in [0.29, 0.717) is 6.42 Å². The molecule has 0 aromatic heterocycles. The summed E-state index contributed by atoms with van der Waals surface area (Å²) in [5, 5.41) is 11.7. The zero-order chi connectivity index (χ0) is 21.2. The van der Waals surface area contributed by atoms with Crippen molar-refractivity contribution in [2.45, 2.75) is 59.0 Å². The van der Waals surface area contributed by atoms with Crippen LogP contribution in [0.1, 0.15) is 53.4 Å². The number of hydrogen-bond donors (Lipinski definition) is 1. The van der Waals surface area contributed by atoms with E-state index < -0.39 is 22.8 Å². The van der Waals surface area contributed by atoms with Gasteiger partial charge in [-0.05, 0) is 62.5 Å². The molecule has 4 rings (SSSR count). The molecule has 0 spiro atoms. The van der Waals surface area contributed by atoms with Gasteiger partial charge in [-0.15, -0.1) is 0 Å². The second kappa shape index (κ2) is 6.49. The van der Waals surface area contributed by atoms with Gasteiger partial charge in [0.05, 0.1) is 0 Å². The largest absolute Gasteiger partial charge is 0.458 e. The number of ketones is 2. The van der Waals surface area contributed by atoms with E-state index in [1.54, 1.807) is 12.2 Å². The van der Waals surface area contributed by atoms with Gasteiger partial charge in [0, 0.05) is 17.8 Å². The van der Waals surface area contributed by atoms with Gasteiger partial charge in [-0.3, -0.25) is 14.4 Å². The van der Waals surface area contributed by atoms with Crippen molar-refractivity contribution in [1.82, 2.24) is 0 Å². The Bertz CT molecular complexity index is 880. The van der Waals surface area contributed by atoms with Gasteiger partial charge in [0.1, 0.15) is 5.60 Å². The fraction of sp³-hybridized carbons (Fsp3) is 0.625. The Labute approximate surface area is 171 Å². The van der Waals surface area contributed by atoms with Crippen molar-refractivity contribution in [2.75, 3.05) is 6.61 Å². The van der Waals surface area contributed by atoms with Crippen molar-refractivity contribution in [3.63, 3.8) is 0 Å². The molecule has 6 atom stereocenters. The lowest BCUT2D eigenvalue weighted by Gasteiger charge is -2.53. The van der Waals surface area contributed by atoms with Crippen molar-refractivity contribution in [3.05, 3.63) is 35.5 Å². The van der Waals surface area contributed by atoms with E-state index in [9.17, 15) is 19.5 Å². The van der Waals surface area contributed by atoms with Crippen LogP contribution in [0.15, 0.2) is 35.5 Å². The normalized spacial score (nSPS) is 42.9. The molecule has 2 saturated carbocycles. The van der Waals surface area contributed by atoms with Crippen LogP contribution in [0.4, 0.5) is 0 Å². The molecule has 0 heterocycles. The first-order chi connectivity index (χ1) is 13.5. The van der Waals surface area contributed by atoms with Gasteiger partial charge < -0.3 is 9.84 Å². The molecule has 0 saturated heterocycles. The fourth-order valence-corrected chi connectivity index (χ4v) is 6.74. The average molecular weight is 398 g/mol. The maximum absolute atomic E-state index is 13.0. The Morgan fingerprint density at radius 3 is 2.72 bits per heavy atom. The predicted molar refractivity (Wildman–Crippen MR) is 108 cm³/mol. The lowest BCUT2D eigenvalue weighted by atomic mass is 9.51. The Morgan fingerprint density at radius 2 is 2.03 bits per heavy atom. The van der Waals surface area contributed by atoms with E-state index in [4.69, 9.17) is 4.74 Å². The van der Waals surface area contributed by atoms with Crippen molar-refractivity contribution < 1.29 is 24.2 Å². The van der Waals surface area contributed by atoms with Gasteiger partial charge in [-0.1, -0.05) is 37.1 Å². The Balaban J connectivity index is 1.71. The van der Waals surface area contributed by atoms with Gasteiger partial charge in [0.15, 0.2) is 12.4 Å². The van der Waals surface area contributed by atoms with Crippen molar-refractivity contribution in [3.8, 4) is 0 Å². The quantitative estimate of drug-likeness (QED) is 0.583. The van der Waals surface area contributed by atoms with Gasteiger partial charge in [0.2, 0.25) is 5.78 Å². The van der Waals surface area contributed by atoms with Crippen LogP contribution in [-0.4, -0.2) is 34.9 Å². The first-order valence-electron chi connectivity index (χ1n) is 10.6. The van der Waals surface area contributed by atoms with Gasteiger partial charge in [0.25, 0.3) is 0 Å². The standard InChI is InChI=1S/C24H30O5/c1-14-11-20-18-6-5-16-12-17(26)7-9-22(16,3)19(18)8-10-23(20,4)24(14,28)21(27)13-29-15(2)25/h7-9,12,14,18,20,28H,5-6,10-11,13H2,1-4H3/t14-,18?,20?,22-,23-,24-/m0/s1. The molecular weight excluding hydrogens is 368 g/mol. The second-order valence-corrected chi connectivity index (χ2v) is 9.75. The highest BCUT2D eigenvalue weighted by atomic mass is 16.5. The molecule has 5 heteroatoms. The van der Waals surface area contributed by atoms with E-state index in [2.05, 4.69) is 13.0 Å². The van der Waals surface area contributed by atoms with E-state index in [0.717, 1.165) is 19.3 Å². The molecular formula is C24H30O5. The van der Waals surface area contributed by atoms with Crippen molar-refractivity contribution in [2.24, 2.45) is 28.6 Å². The molecule has 0 aliphatic heterocycles. The minimum atomic E-state index is -1.51. The van der Waals surface area contributed by atoms with Crippen molar-refractivity contribution >= 4 is 17.5 Å². The first-order valence-corrected chi connectivity index (χ1v) is 10.6. The summed E-state index contributed by atoms with van der Waals surface area (Å²) < 4.78 is 4.95. The van der Waals surface area contributed by atoms with Gasteiger partial charge in [-0.2, -0.15) is 0 Å². The molecule has 29 heavy (non-hydrogen) atoms. The highest BCUT2D eigenvalue weighted by Gasteiger charge is 2.67. The number of carbonyl (C=O) groups excluding carboxylic acids is 3. The number of rotatable bonds is 3. The van der Waals surface area contributed by atoms with Crippen LogP contribution < -0.4 is 0 Å². The number of fused-ring (bicyclic) bond motifs is 5. The van der Waals surface area contributed by atoms with Gasteiger partial charge in [-0.25, -0.2) is 0 Å². The highest BCUT2D eigenvalue weighted by molar-refractivity contribution is 6.01. The third-order valence-electron chi connectivity index (χ3n) is 8.36. The van der Waals surface area contributed by atoms with Crippen LogP contribution >= 0.6 is 0 Å². The molecule has 0 bridgehead atoms. The minimum absolute atomic E-state index is 0.0529. The van der Waals surface area contributed by atoms with Crippen LogP contribution in [0.5, 0.6) is 0 Å². The van der Waals surface area contributed by atoms with Crippen LogP contribution in [0.2, 0.25) is 0 Å². The smallest absolute Gasteiger partial charge is 0.303 e. The number of Topliss-reactive ketones (excluding diaryl/α,β-unsaturated/α-hetero) is 1. The summed E-state index contributed by atoms with van der Waals surface area (Å²) in [6.07, 6.45) is 10.8. The molecule has 1 N–H and O–H groups in total. The topological polar surface area (TPSA) is 80.7 Å². The average Bonchev–Trinajstić information content (AvgIpc) is 2.88. The number of carbonyl (C=O) groups is 3. The second-order valence-electron chi connectivity index (χ2n) is 9.75. The molecule has 4 aliphatic carbocycles. The molecule has 156 valence electrons. The molecule has 0 amide bonds. The number of hydrogen-bond acceptors (Lipinski definition) is 5. The predicted octanol–water partition coefficient (Wildman–Crippen LogP) is 3.32. The number of ether oxygens (including phenoxy) is 1. The van der Waals surface area contributed by atoms with E-state index in [1.807, 2.05) is 19.9 Å². The molecule has 4 aliphatic rings. The first kappa shape index (κ1) is 20.3. The molecule has 0 radical (unpaired) electrons. The third kappa shape index (κ3) is 2.66. The summed E-state index contributed by atoms with van der Waals surface area (Å²) in [4.78, 5) is 36.1.